The van der Waals surface area contributed by atoms with Gasteiger partial charge in [0.25, 0.3) is 5.91 Å². The Morgan fingerprint density at radius 3 is 2.94 bits per heavy atom. The minimum atomic E-state index is -0.0782. The van der Waals surface area contributed by atoms with Gasteiger partial charge in [-0.15, -0.1) is 6.58 Å². The number of nitrogens with one attached hydrogen (secondary N) is 1. The van der Waals surface area contributed by atoms with E-state index in [1.807, 2.05) is 6.08 Å². The van der Waals surface area contributed by atoms with Gasteiger partial charge in [-0.2, -0.15) is 0 Å². The standard InChI is InChI=1S/C11H18N4OS/c1-4-5-6-7-15(3)10(16)8-9(12)14-11(13-2)17-8/h4H,1,5-7,12H2,2-3H3,(H,13,14). The SMILES string of the molecule is C=CCCCN(C)C(=O)c1sc(NC)nc1N. The molecule has 0 aliphatic heterocycles. The van der Waals surface area contributed by atoms with E-state index in [1.165, 1.54) is 11.3 Å². The number of hydrogen-bond donors (Lipinski definition) is 2. The Kier molecular flexibility index (Phi) is 4.96. The molecule has 1 rings (SSSR count). The average molecular weight is 254 g/mol. The van der Waals surface area contributed by atoms with E-state index < -0.39 is 0 Å². The van der Waals surface area contributed by atoms with Crippen LogP contribution in [0.25, 0.3) is 0 Å². The van der Waals surface area contributed by atoms with E-state index in [0.717, 1.165) is 12.8 Å². The molecule has 1 aromatic rings. The van der Waals surface area contributed by atoms with Gasteiger partial charge in [0.05, 0.1) is 0 Å². The van der Waals surface area contributed by atoms with Crippen molar-refractivity contribution in [1.29, 1.82) is 0 Å². The third-order valence-electron chi connectivity index (χ3n) is 2.31. The number of carbonyl (C=O) groups is 1. The average Bonchev–Trinajstić information content (AvgIpc) is 2.69. The van der Waals surface area contributed by atoms with Crippen LogP contribution in [-0.4, -0.2) is 36.4 Å². The highest BCUT2D eigenvalue weighted by atomic mass is 32.1. The molecule has 0 unspecified atom stereocenters. The number of aromatic nitrogens is 1. The van der Waals surface area contributed by atoms with E-state index in [-0.39, 0.29) is 5.91 Å². The van der Waals surface area contributed by atoms with E-state index in [1.54, 1.807) is 19.0 Å². The van der Waals surface area contributed by atoms with Gasteiger partial charge in [-0.3, -0.25) is 4.79 Å². The van der Waals surface area contributed by atoms with Crippen LogP contribution in [0.3, 0.4) is 0 Å². The van der Waals surface area contributed by atoms with Crippen molar-refractivity contribution in [2.75, 3.05) is 31.7 Å². The Morgan fingerprint density at radius 1 is 1.71 bits per heavy atom. The van der Waals surface area contributed by atoms with Crippen molar-refractivity contribution in [3.63, 3.8) is 0 Å². The first-order valence-corrected chi connectivity index (χ1v) is 6.22. The van der Waals surface area contributed by atoms with Gasteiger partial charge in [-0.05, 0) is 12.8 Å². The summed E-state index contributed by atoms with van der Waals surface area (Å²) in [7, 11) is 3.52. The van der Waals surface area contributed by atoms with Crippen LogP contribution >= 0.6 is 11.3 Å². The zero-order chi connectivity index (χ0) is 12.8. The van der Waals surface area contributed by atoms with Gasteiger partial charge in [0, 0.05) is 20.6 Å². The fraction of sp³-hybridized carbons (Fsp3) is 0.455. The zero-order valence-corrected chi connectivity index (χ0v) is 11.0. The molecule has 0 atom stereocenters. The van der Waals surface area contributed by atoms with Gasteiger partial charge in [0.1, 0.15) is 10.7 Å². The highest BCUT2D eigenvalue weighted by molar-refractivity contribution is 7.18. The lowest BCUT2D eigenvalue weighted by molar-refractivity contribution is 0.0799. The second-order valence-electron chi connectivity index (χ2n) is 3.64. The first kappa shape index (κ1) is 13.5. The number of nitrogen functional groups attached to an aromatic ring is 1. The predicted molar refractivity (Wildman–Crippen MR) is 72.5 cm³/mol. The molecular formula is C11H18N4OS. The number of nitrogens with two attached hydrogens (primary N) is 1. The third kappa shape index (κ3) is 3.45. The monoisotopic (exact) mass is 254 g/mol. The zero-order valence-electron chi connectivity index (χ0n) is 10.2. The van der Waals surface area contributed by atoms with Crippen LogP contribution < -0.4 is 11.1 Å². The van der Waals surface area contributed by atoms with E-state index in [2.05, 4.69) is 16.9 Å². The molecule has 6 heteroatoms. The molecule has 3 N–H and O–H groups in total. The highest BCUT2D eigenvalue weighted by Gasteiger charge is 2.18. The maximum Gasteiger partial charge on any atom is 0.267 e. The molecule has 0 aliphatic carbocycles. The Labute approximate surface area is 105 Å². The number of allylic oxidation sites excluding steroid dienone is 1. The van der Waals surface area contributed by atoms with Crippen molar-refractivity contribution in [2.45, 2.75) is 12.8 Å². The van der Waals surface area contributed by atoms with Crippen molar-refractivity contribution < 1.29 is 4.79 Å². The first-order chi connectivity index (χ1) is 8.10. The predicted octanol–water partition coefficient (Wildman–Crippen LogP) is 1.81. The van der Waals surface area contributed by atoms with E-state index in [0.29, 0.717) is 22.4 Å². The molecule has 17 heavy (non-hydrogen) atoms. The molecule has 94 valence electrons. The minimum absolute atomic E-state index is 0.0782. The van der Waals surface area contributed by atoms with Crippen LogP contribution in [0.2, 0.25) is 0 Å². The van der Waals surface area contributed by atoms with E-state index in [9.17, 15) is 4.79 Å². The van der Waals surface area contributed by atoms with Gasteiger partial charge >= 0.3 is 0 Å². The van der Waals surface area contributed by atoms with Crippen LogP contribution in [0, 0.1) is 0 Å². The maximum atomic E-state index is 12.1. The fourth-order valence-electron chi connectivity index (χ4n) is 1.34. The van der Waals surface area contributed by atoms with Gasteiger partial charge in [0.15, 0.2) is 5.13 Å². The molecule has 1 amide bonds. The smallest absolute Gasteiger partial charge is 0.267 e. The summed E-state index contributed by atoms with van der Waals surface area (Å²) in [5.74, 6) is 0.213. The quantitative estimate of drug-likeness (QED) is 0.600. The van der Waals surface area contributed by atoms with Gasteiger partial charge in [-0.1, -0.05) is 17.4 Å². The fourth-order valence-corrected chi connectivity index (χ4v) is 2.17. The third-order valence-corrected chi connectivity index (χ3v) is 3.39. The summed E-state index contributed by atoms with van der Waals surface area (Å²) in [6.07, 6.45) is 3.65. The Hall–Kier alpha value is -1.56. The molecular weight excluding hydrogens is 236 g/mol. The molecule has 0 aliphatic rings. The van der Waals surface area contributed by atoms with Crippen LogP contribution in [0.1, 0.15) is 22.5 Å². The summed E-state index contributed by atoms with van der Waals surface area (Å²) in [5, 5.41) is 3.54. The largest absolute Gasteiger partial charge is 0.382 e. The summed E-state index contributed by atoms with van der Waals surface area (Å²) in [4.78, 5) is 18.3. The van der Waals surface area contributed by atoms with Crippen molar-refractivity contribution in [1.82, 2.24) is 9.88 Å². The molecule has 0 aromatic carbocycles. The number of unbranched alkanes of at least 4 members (excludes halogenated alkanes) is 1. The van der Waals surface area contributed by atoms with E-state index >= 15 is 0 Å². The number of nitrogens with zero attached hydrogens (tertiary/aromatic N) is 2. The number of carbonyl (C=O) groups excluding carboxylic acids is 1. The van der Waals surface area contributed by atoms with Crippen molar-refractivity contribution in [3.05, 3.63) is 17.5 Å². The molecule has 1 heterocycles. The molecule has 1 aromatic heterocycles. The van der Waals surface area contributed by atoms with Crippen LogP contribution in [0.15, 0.2) is 12.7 Å². The van der Waals surface area contributed by atoms with Crippen molar-refractivity contribution in [2.24, 2.45) is 0 Å². The number of hydrogen-bond acceptors (Lipinski definition) is 5. The number of anilines is 2. The van der Waals surface area contributed by atoms with Crippen LogP contribution in [0.5, 0.6) is 0 Å². The number of amides is 1. The molecule has 0 spiro atoms. The Balaban J connectivity index is 2.67. The number of rotatable bonds is 6. The maximum absolute atomic E-state index is 12.1. The summed E-state index contributed by atoms with van der Waals surface area (Å²) >= 11 is 1.28. The summed E-state index contributed by atoms with van der Waals surface area (Å²) in [6.45, 7) is 4.34. The van der Waals surface area contributed by atoms with Crippen LogP contribution in [-0.2, 0) is 0 Å². The Bertz CT molecular complexity index is 402. The lowest BCUT2D eigenvalue weighted by atomic mass is 10.3. The van der Waals surface area contributed by atoms with Crippen molar-refractivity contribution in [3.8, 4) is 0 Å². The first-order valence-electron chi connectivity index (χ1n) is 5.40. The lowest BCUT2D eigenvalue weighted by Gasteiger charge is -2.15. The molecule has 5 nitrogen and oxygen atoms in total. The summed E-state index contributed by atoms with van der Waals surface area (Å²) < 4.78 is 0. The number of thiazole rings is 1. The molecule has 0 fully saturated rings. The van der Waals surface area contributed by atoms with Crippen LogP contribution in [0.4, 0.5) is 10.9 Å². The molecule has 0 bridgehead atoms. The van der Waals surface area contributed by atoms with Gasteiger partial charge < -0.3 is 16.0 Å². The second-order valence-corrected chi connectivity index (χ2v) is 4.64. The van der Waals surface area contributed by atoms with Crippen molar-refractivity contribution >= 4 is 28.2 Å². The van der Waals surface area contributed by atoms with Gasteiger partial charge in [0.2, 0.25) is 0 Å². The Morgan fingerprint density at radius 2 is 2.41 bits per heavy atom. The lowest BCUT2D eigenvalue weighted by Crippen LogP contribution is -2.27. The molecule has 0 saturated heterocycles. The molecule has 0 saturated carbocycles. The molecule has 0 radical (unpaired) electrons. The minimum Gasteiger partial charge on any atom is -0.382 e. The summed E-state index contributed by atoms with van der Waals surface area (Å²) in [5.41, 5.74) is 5.71. The van der Waals surface area contributed by atoms with E-state index in [4.69, 9.17) is 5.73 Å². The van der Waals surface area contributed by atoms with Gasteiger partial charge in [-0.25, -0.2) is 4.98 Å². The topological polar surface area (TPSA) is 71.2 Å². The second kappa shape index (κ2) is 6.24. The highest BCUT2D eigenvalue weighted by Crippen LogP contribution is 2.25. The normalized spacial score (nSPS) is 10.0. The summed E-state index contributed by atoms with van der Waals surface area (Å²) in [6, 6.07) is 0.